The summed E-state index contributed by atoms with van der Waals surface area (Å²) >= 11 is 11.9. The van der Waals surface area contributed by atoms with Crippen LogP contribution in [0.25, 0.3) is 0 Å². The van der Waals surface area contributed by atoms with Gasteiger partial charge in [0.05, 0.1) is 10.0 Å². The molecule has 1 aromatic carbocycles. The second-order valence-corrected chi connectivity index (χ2v) is 7.09. The van der Waals surface area contributed by atoms with Crippen LogP contribution in [-0.4, -0.2) is 64.6 Å². The minimum atomic E-state index is -5.08. The fourth-order valence-electron chi connectivity index (χ4n) is 2.71. The summed E-state index contributed by atoms with van der Waals surface area (Å²) in [7, 11) is 0. The number of nitrogens with zero attached hydrogens (tertiary/aromatic N) is 1. The van der Waals surface area contributed by atoms with Crippen LogP contribution < -0.4 is 5.32 Å². The van der Waals surface area contributed by atoms with Crippen molar-refractivity contribution in [3.63, 3.8) is 0 Å². The highest BCUT2D eigenvalue weighted by atomic mass is 35.5. The fourth-order valence-corrected chi connectivity index (χ4v) is 3.03. The monoisotopic (exact) mass is 484 g/mol. The first kappa shape index (κ1) is 26.3. The predicted octanol–water partition coefficient (Wildman–Crippen LogP) is 3.81. The third-order valence-electron chi connectivity index (χ3n) is 4.02. The van der Waals surface area contributed by atoms with Gasteiger partial charge in [0.1, 0.15) is 0 Å². The number of aliphatic carboxylic acids is 2. The highest BCUT2D eigenvalue weighted by Crippen LogP contribution is 2.27. The number of carbonyl (C=O) groups is 2. The molecule has 2 heterocycles. The quantitative estimate of drug-likeness (QED) is 0.553. The zero-order chi connectivity index (χ0) is 23.3. The van der Waals surface area contributed by atoms with Crippen LogP contribution in [0.5, 0.6) is 0 Å². The molecular weight excluding hydrogens is 469 g/mol. The van der Waals surface area contributed by atoms with E-state index in [0.29, 0.717) is 22.1 Å². The molecule has 2 atom stereocenters. The maximum atomic E-state index is 10.6. The number of alkyl halides is 6. The Bertz CT molecular complexity index is 736. The molecule has 0 spiro atoms. The first-order chi connectivity index (χ1) is 13.6. The zero-order valence-corrected chi connectivity index (χ0v) is 16.4. The Morgan fingerprint density at radius 1 is 1.03 bits per heavy atom. The Morgan fingerprint density at radius 3 is 1.87 bits per heavy atom. The van der Waals surface area contributed by atoms with Crippen LogP contribution in [0, 0.1) is 0 Å². The maximum Gasteiger partial charge on any atom is 0.490 e. The summed E-state index contributed by atoms with van der Waals surface area (Å²) in [6.07, 6.45) is -8.87. The van der Waals surface area contributed by atoms with E-state index in [1.54, 1.807) is 0 Å². The molecule has 2 unspecified atom stereocenters. The number of rotatable bonds is 2. The van der Waals surface area contributed by atoms with Crippen LogP contribution in [-0.2, 0) is 16.1 Å². The number of piperazine rings is 1. The molecule has 2 aliphatic rings. The molecule has 2 fully saturated rings. The van der Waals surface area contributed by atoms with E-state index in [1.165, 1.54) is 12.0 Å². The van der Waals surface area contributed by atoms with Crippen molar-refractivity contribution in [2.24, 2.45) is 0 Å². The van der Waals surface area contributed by atoms with Gasteiger partial charge in [0.15, 0.2) is 0 Å². The van der Waals surface area contributed by atoms with Gasteiger partial charge in [-0.1, -0.05) is 29.3 Å². The molecule has 30 heavy (non-hydrogen) atoms. The molecule has 2 saturated heterocycles. The minimum Gasteiger partial charge on any atom is -0.475 e. The molecule has 6 nitrogen and oxygen atoms in total. The molecule has 3 N–H and O–H groups in total. The number of carboxylic acid groups (broad SMARTS) is 2. The highest BCUT2D eigenvalue weighted by molar-refractivity contribution is 6.42. The van der Waals surface area contributed by atoms with Gasteiger partial charge < -0.3 is 15.5 Å². The number of nitrogens with one attached hydrogen (secondary N) is 1. The molecule has 14 heteroatoms. The number of benzene rings is 1. The van der Waals surface area contributed by atoms with Gasteiger partial charge in [-0.2, -0.15) is 26.3 Å². The third-order valence-corrected chi connectivity index (χ3v) is 4.76. The minimum absolute atomic E-state index is 0.634. The lowest BCUT2D eigenvalue weighted by atomic mass is 10.2. The van der Waals surface area contributed by atoms with Crippen molar-refractivity contribution < 1.29 is 46.1 Å². The summed E-state index contributed by atoms with van der Waals surface area (Å²) in [4.78, 5) is 20.3. The molecule has 0 aromatic heterocycles. The van der Waals surface area contributed by atoms with Crippen LogP contribution in [0.1, 0.15) is 12.0 Å². The van der Waals surface area contributed by atoms with Crippen molar-refractivity contribution >= 4 is 35.1 Å². The average Bonchev–Trinajstić information content (AvgIpc) is 3.20. The Hall–Kier alpha value is -1.76. The van der Waals surface area contributed by atoms with E-state index in [0.717, 1.165) is 19.6 Å². The maximum absolute atomic E-state index is 10.6. The Balaban J connectivity index is 0.000000271. The molecule has 2 bridgehead atoms. The van der Waals surface area contributed by atoms with Crippen molar-refractivity contribution in [2.75, 3.05) is 13.1 Å². The van der Waals surface area contributed by atoms with E-state index in [9.17, 15) is 26.3 Å². The number of likely N-dealkylation sites (tertiary alicyclic amines) is 1. The number of carboxylic acids is 2. The van der Waals surface area contributed by atoms with Crippen LogP contribution in [0.15, 0.2) is 18.2 Å². The van der Waals surface area contributed by atoms with E-state index in [2.05, 4.69) is 16.3 Å². The van der Waals surface area contributed by atoms with Gasteiger partial charge in [-0.25, -0.2) is 9.59 Å². The largest absolute Gasteiger partial charge is 0.490 e. The SMILES string of the molecule is Clc1ccc(CN2CC3CC2CN3)cc1Cl.O=C(O)C(F)(F)F.O=C(O)C(F)(F)F. The Morgan fingerprint density at radius 2 is 1.53 bits per heavy atom. The summed E-state index contributed by atoms with van der Waals surface area (Å²) in [5.41, 5.74) is 1.25. The molecule has 0 amide bonds. The summed E-state index contributed by atoms with van der Waals surface area (Å²) in [5, 5.41) is 19.0. The predicted molar refractivity (Wildman–Crippen MR) is 94.4 cm³/mol. The summed E-state index contributed by atoms with van der Waals surface area (Å²) in [5.74, 6) is -5.51. The molecule has 0 radical (unpaired) electrons. The van der Waals surface area contributed by atoms with E-state index >= 15 is 0 Å². The van der Waals surface area contributed by atoms with Gasteiger partial charge in [0.2, 0.25) is 0 Å². The molecule has 3 rings (SSSR count). The van der Waals surface area contributed by atoms with Gasteiger partial charge in [-0.15, -0.1) is 0 Å². The van der Waals surface area contributed by atoms with Gasteiger partial charge in [0.25, 0.3) is 0 Å². The molecule has 0 aliphatic carbocycles. The van der Waals surface area contributed by atoms with Gasteiger partial charge >= 0.3 is 24.3 Å². The highest BCUT2D eigenvalue weighted by Gasteiger charge is 2.39. The van der Waals surface area contributed by atoms with Crippen LogP contribution >= 0.6 is 23.2 Å². The Labute approximate surface area is 176 Å². The van der Waals surface area contributed by atoms with Crippen LogP contribution in [0.4, 0.5) is 26.3 Å². The smallest absolute Gasteiger partial charge is 0.475 e. The van der Waals surface area contributed by atoms with Crippen molar-refractivity contribution in [3.8, 4) is 0 Å². The summed E-state index contributed by atoms with van der Waals surface area (Å²) < 4.78 is 63.5. The fraction of sp³-hybridized carbons (Fsp3) is 0.500. The normalized spacial score (nSPS) is 20.7. The molecule has 1 aromatic rings. The first-order valence-electron chi connectivity index (χ1n) is 8.12. The zero-order valence-electron chi connectivity index (χ0n) is 14.9. The molecular formula is C16H16Cl2F6N2O4. The summed E-state index contributed by atoms with van der Waals surface area (Å²) in [6, 6.07) is 7.33. The lowest BCUT2D eigenvalue weighted by Crippen LogP contribution is -2.42. The standard InChI is InChI=1S/C12H14Cl2N2.2C2HF3O2/c13-11-2-1-8(3-12(11)14)6-16-7-9-4-10(16)5-15-9;2*3-2(4,5)1(6)7/h1-3,9-10,15H,4-7H2;2*(H,6,7). The lowest BCUT2D eigenvalue weighted by Gasteiger charge is -2.27. The molecule has 0 saturated carbocycles. The molecule has 170 valence electrons. The average molecular weight is 485 g/mol. The number of hydrogen-bond acceptors (Lipinski definition) is 4. The van der Waals surface area contributed by atoms with Gasteiger partial charge in [-0.3, -0.25) is 4.90 Å². The van der Waals surface area contributed by atoms with Crippen molar-refractivity contribution in [2.45, 2.75) is 37.4 Å². The van der Waals surface area contributed by atoms with Gasteiger partial charge in [0, 0.05) is 31.7 Å². The van der Waals surface area contributed by atoms with E-state index < -0.39 is 24.3 Å². The van der Waals surface area contributed by atoms with Crippen LogP contribution in [0.3, 0.4) is 0 Å². The van der Waals surface area contributed by atoms with E-state index in [1.807, 2.05) is 12.1 Å². The second kappa shape index (κ2) is 10.5. The van der Waals surface area contributed by atoms with Crippen molar-refractivity contribution in [1.82, 2.24) is 10.2 Å². The lowest BCUT2D eigenvalue weighted by molar-refractivity contribution is -0.193. The Kier molecular flexibility index (Phi) is 9.21. The third kappa shape index (κ3) is 8.54. The number of halogens is 8. The number of hydrogen-bond donors (Lipinski definition) is 3. The van der Waals surface area contributed by atoms with E-state index in [4.69, 9.17) is 43.0 Å². The van der Waals surface area contributed by atoms with Crippen molar-refractivity contribution in [3.05, 3.63) is 33.8 Å². The van der Waals surface area contributed by atoms with Crippen LogP contribution in [0.2, 0.25) is 10.0 Å². The topological polar surface area (TPSA) is 89.9 Å². The number of fused-ring (bicyclic) bond motifs is 2. The van der Waals surface area contributed by atoms with Gasteiger partial charge in [-0.05, 0) is 24.1 Å². The molecule has 2 aliphatic heterocycles. The second-order valence-electron chi connectivity index (χ2n) is 6.28. The summed E-state index contributed by atoms with van der Waals surface area (Å²) in [6.45, 7) is 3.27. The van der Waals surface area contributed by atoms with E-state index in [-0.39, 0.29) is 0 Å². The first-order valence-corrected chi connectivity index (χ1v) is 8.88. The van der Waals surface area contributed by atoms with Crippen molar-refractivity contribution in [1.29, 1.82) is 0 Å².